The molecule has 1 aromatic carbocycles. The quantitative estimate of drug-likeness (QED) is 0.451. The number of aryl methyl sites for hydroxylation is 1. The zero-order valence-corrected chi connectivity index (χ0v) is 6.72. The average Bonchev–Trinajstić information content (AvgIpc) is 2.07. The third kappa shape index (κ3) is 3.03. The van der Waals surface area contributed by atoms with Gasteiger partial charge in [0.15, 0.2) is 0 Å². The molecule has 0 aromatic heterocycles. The summed E-state index contributed by atoms with van der Waals surface area (Å²) < 4.78 is 0. The van der Waals surface area contributed by atoms with Crippen LogP contribution in [0.5, 0.6) is 0 Å². The van der Waals surface area contributed by atoms with Crippen molar-refractivity contribution in [2.45, 2.75) is 19.3 Å². The van der Waals surface area contributed by atoms with Gasteiger partial charge in [-0.25, -0.2) is 0 Å². The first-order valence-corrected chi connectivity index (χ1v) is 4.00. The summed E-state index contributed by atoms with van der Waals surface area (Å²) >= 11 is 0. The summed E-state index contributed by atoms with van der Waals surface area (Å²) in [6.45, 7) is 3.68. The number of hydrogen-bond acceptors (Lipinski definition) is 0. The van der Waals surface area contributed by atoms with E-state index in [4.69, 9.17) is 0 Å². The molecule has 0 aliphatic carbocycles. The second-order valence-electron chi connectivity index (χ2n) is 2.57. The molecule has 0 nitrogen and oxygen atoms in total. The van der Waals surface area contributed by atoms with Gasteiger partial charge < -0.3 is 0 Å². The molecule has 57 valence electrons. The number of unbranched alkanes of at least 4 members (excludes halogenated alkanes) is 1. The first-order chi connectivity index (χ1) is 5.43. The van der Waals surface area contributed by atoms with Crippen molar-refractivity contribution in [3.8, 4) is 0 Å². The summed E-state index contributed by atoms with van der Waals surface area (Å²) in [5.41, 5.74) is 1.30. The molecule has 0 fully saturated rings. The topological polar surface area (TPSA) is 0 Å². The van der Waals surface area contributed by atoms with Crippen LogP contribution in [0.4, 0.5) is 0 Å². The van der Waals surface area contributed by atoms with E-state index < -0.39 is 0 Å². The lowest BCUT2D eigenvalue weighted by molar-refractivity contribution is 0.843. The Morgan fingerprint density at radius 1 is 1.45 bits per heavy atom. The van der Waals surface area contributed by atoms with E-state index in [0.717, 1.165) is 12.8 Å². The van der Waals surface area contributed by atoms with Crippen molar-refractivity contribution in [1.29, 1.82) is 0 Å². The van der Waals surface area contributed by atoms with E-state index in [-0.39, 0.29) is 0 Å². The van der Waals surface area contributed by atoms with E-state index in [1.54, 1.807) is 0 Å². The van der Waals surface area contributed by atoms with Crippen LogP contribution < -0.4 is 0 Å². The molecule has 0 aliphatic rings. The first-order valence-electron chi connectivity index (χ1n) is 4.00. The van der Waals surface area contributed by atoms with Gasteiger partial charge in [-0.2, -0.15) is 0 Å². The van der Waals surface area contributed by atoms with Crippen LogP contribution in [0.25, 0.3) is 0 Å². The van der Waals surface area contributed by atoms with Gasteiger partial charge in [0.2, 0.25) is 0 Å². The molecule has 11 heavy (non-hydrogen) atoms. The van der Waals surface area contributed by atoms with Crippen LogP contribution in [0, 0.1) is 6.07 Å². The summed E-state index contributed by atoms with van der Waals surface area (Å²) in [5.74, 6) is 0. The van der Waals surface area contributed by atoms with E-state index in [1.807, 2.05) is 18.2 Å². The van der Waals surface area contributed by atoms with Crippen molar-refractivity contribution in [3.63, 3.8) is 0 Å². The fraction of sp³-hybridized carbons (Fsp3) is 0.273. The number of benzene rings is 1. The van der Waals surface area contributed by atoms with Crippen molar-refractivity contribution < 1.29 is 0 Å². The molecule has 0 N–H and O–H groups in total. The van der Waals surface area contributed by atoms with Gasteiger partial charge in [-0.3, -0.25) is 0 Å². The molecular formula is C11H13. The third-order valence-electron chi connectivity index (χ3n) is 1.63. The minimum Gasteiger partial charge on any atom is -0.103 e. The van der Waals surface area contributed by atoms with Crippen molar-refractivity contribution in [1.82, 2.24) is 0 Å². The maximum Gasteiger partial charge on any atom is -0.0149 e. The Morgan fingerprint density at radius 3 is 3.00 bits per heavy atom. The predicted octanol–water partition coefficient (Wildman–Crippen LogP) is 3.00. The van der Waals surface area contributed by atoms with Crippen molar-refractivity contribution in [2.24, 2.45) is 0 Å². The Labute approximate surface area is 68.6 Å². The molecule has 1 aromatic rings. The van der Waals surface area contributed by atoms with Gasteiger partial charge in [0.1, 0.15) is 0 Å². The summed E-state index contributed by atoms with van der Waals surface area (Å²) in [6, 6.07) is 11.3. The Hall–Kier alpha value is -1.04. The van der Waals surface area contributed by atoms with Crippen molar-refractivity contribution in [2.75, 3.05) is 0 Å². The maximum absolute atomic E-state index is 3.68. The largest absolute Gasteiger partial charge is 0.103 e. The molecular weight excluding hydrogens is 132 g/mol. The van der Waals surface area contributed by atoms with Crippen molar-refractivity contribution in [3.05, 3.63) is 48.6 Å². The maximum atomic E-state index is 3.68. The van der Waals surface area contributed by atoms with Gasteiger partial charge >= 0.3 is 0 Å². The van der Waals surface area contributed by atoms with Crippen molar-refractivity contribution >= 4 is 0 Å². The van der Waals surface area contributed by atoms with E-state index in [9.17, 15) is 0 Å². The highest BCUT2D eigenvalue weighted by atomic mass is 13.9. The normalized spacial score (nSPS) is 9.45. The fourth-order valence-corrected chi connectivity index (χ4v) is 1.02. The highest BCUT2D eigenvalue weighted by Crippen LogP contribution is 2.03. The lowest BCUT2D eigenvalue weighted by Gasteiger charge is -1.96. The molecule has 0 amide bonds. The number of rotatable bonds is 4. The molecule has 0 bridgehead atoms. The van der Waals surface area contributed by atoms with Gasteiger partial charge in [-0.05, 0) is 30.9 Å². The average molecular weight is 145 g/mol. The third-order valence-corrected chi connectivity index (χ3v) is 1.63. The molecule has 0 saturated carbocycles. The highest BCUT2D eigenvalue weighted by molar-refractivity contribution is 5.12. The van der Waals surface area contributed by atoms with Crippen LogP contribution in [-0.2, 0) is 6.42 Å². The molecule has 0 spiro atoms. The number of hydrogen-bond donors (Lipinski definition) is 0. The van der Waals surface area contributed by atoms with Gasteiger partial charge in [0, 0.05) is 0 Å². The standard InChI is InChI=1S/C11H13/c1-2-3-5-8-11-9-6-4-7-10-11/h2,4,6-7,9H,1,3,5,8H2. The Bertz CT molecular complexity index is 199. The minimum atomic E-state index is 1.10. The lowest BCUT2D eigenvalue weighted by Crippen LogP contribution is -1.82. The van der Waals surface area contributed by atoms with Gasteiger partial charge in [0.25, 0.3) is 0 Å². The van der Waals surface area contributed by atoms with E-state index in [2.05, 4.69) is 24.8 Å². The van der Waals surface area contributed by atoms with Crippen LogP contribution in [0.1, 0.15) is 18.4 Å². The van der Waals surface area contributed by atoms with E-state index in [1.165, 1.54) is 12.0 Å². The molecule has 0 heteroatoms. The molecule has 0 atom stereocenters. The Morgan fingerprint density at radius 2 is 2.36 bits per heavy atom. The monoisotopic (exact) mass is 145 g/mol. The van der Waals surface area contributed by atoms with Gasteiger partial charge in [0.05, 0.1) is 0 Å². The van der Waals surface area contributed by atoms with Crippen LogP contribution in [-0.4, -0.2) is 0 Å². The zero-order valence-electron chi connectivity index (χ0n) is 6.72. The molecule has 1 rings (SSSR count). The van der Waals surface area contributed by atoms with E-state index >= 15 is 0 Å². The summed E-state index contributed by atoms with van der Waals surface area (Å²) in [5, 5.41) is 0. The van der Waals surface area contributed by atoms with E-state index in [0.29, 0.717) is 0 Å². The highest BCUT2D eigenvalue weighted by Gasteiger charge is 1.88. The SMILES string of the molecule is C=CCCCc1[c]cccc1. The molecule has 1 radical (unpaired) electrons. The first kappa shape index (κ1) is 8.06. The second-order valence-corrected chi connectivity index (χ2v) is 2.57. The smallest absolute Gasteiger partial charge is 0.0149 e. The Balaban J connectivity index is 2.33. The summed E-state index contributed by atoms with van der Waals surface area (Å²) in [6.07, 6.45) is 5.36. The summed E-state index contributed by atoms with van der Waals surface area (Å²) in [4.78, 5) is 0. The Kier molecular flexibility index (Phi) is 3.46. The van der Waals surface area contributed by atoms with Gasteiger partial charge in [-0.15, -0.1) is 6.58 Å². The van der Waals surface area contributed by atoms with Crippen LogP contribution >= 0.6 is 0 Å². The predicted molar refractivity (Wildman–Crippen MR) is 48.4 cm³/mol. The van der Waals surface area contributed by atoms with Crippen LogP contribution in [0.15, 0.2) is 36.9 Å². The zero-order chi connectivity index (χ0) is 7.94. The van der Waals surface area contributed by atoms with Crippen LogP contribution in [0.3, 0.4) is 0 Å². The molecule has 0 heterocycles. The second kappa shape index (κ2) is 4.73. The number of allylic oxidation sites excluding steroid dienone is 1. The fourth-order valence-electron chi connectivity index (χ4n) is 1.02. The summed E-state index contributed by atoms with van der Waals surface area (Å²) in [7, 11) is 0. The van der Waals surface area contributed by atoms with Gasteiger partial charge in [-0.1, -0.05) is 30.3 Å². The molecule has 0 unspecified atom stereocenters. The molecule has 0 aliphatic heterocycles. The minimum absolute atomic E-state index is 1.10. The molecule has 0 saturated heterocycles. The lowest BCUT2D eigenvalue weighted by atomic mass is 10.1. The van der Waals surface area contributed by atoms with Crippen LogP contribution in [0.2, 0.25) is 0 Å².